The van der Waals surface area contributed by atoms with Crippen LogP contribution in [0.15, 0.2) is 53.4 Å². The van der Waals surface area contributed by atoms with Gasteiger partial charge in [-0.05, 0) is 62.9 Å². The predicted octanol–water partition coefficient (Wildman–Crippen LogP) is 3.65. The standard InChI is InChI=1S/C27H38N2O7S/c1-19(2)16-29(37(33,34)23-13-11-22(35-6)12-14-23)17-25(31)24(28-26(32)36-27(3,4)5)15-20-7-9-21(18-30)10-8-20/h7-14,18-19,24-25,31H,15-17H2,1-6H3,(H,28,32)/t24-,25+/m0/s1. The molecule has 0 aliphatic rings. The number of nitrogens with one attached hydrogen (secondary N) is 1. The van der Waals surface area contributed by atoms with E-state index < -0.39 is 33.9 Å². The summed E-state index contributed by atoms with van der Waals surface area (Å²) in [5, 5.41) is 13.9. The number of amides is 1. The van der Waals surface area contributed by atoms with Crippen LogP contribution in [0, 0.1) is 5.92 Å². The highest BCUT2D eigenvalue weighted by Gasteiger charge is 2.32. The number of ether oxygens (including phenoxy) is 2. The summed E-state index contributed by atoms with van der Waals surface area (Å²) < 4.78 is 38.7. The molecule has 0 unspecified atom stereocenters. The van der Waals surface area contributed by atoms with Crippen molar-refractivity contribution < 1.29 is 32.6 Å². The molecule has 2 aromatic carbocycles. The molecular weight excluding hydrogens is 496 g/mol. The van der Waals surface area contributed by atoms with Gasteiger partial charge in [0.05, 0.1) is 24.2 Å². The van der Waals surface area contributed by atoms with E-state index in [-0.39, 0.29) is 30.3 Å². The van der Waals surface area contributed by atoms with Gasteiger partial charge in [-0.1, -0.05) is 38.1 Å². The van der Waals surface area contributed by atoms with E-state index in [4.69, 9.17) is 9.47 Å². The zero-order valence-corrected chi connectivity index (χ0v) is 23.1. The number of hydrogen-bond acceptors (Lipinski definition) is 7. The van der Waals surface area contributed by atoms with Gasteiger partial charge in [0.15, 0.2) is 0 Å². The van der Waals surface area contributed by atoms with Gasteiger partial charge in [0, 0.05) is 18.7 Å². The van der Waals surface area contributed by atoms with Crippen molar-refractivity contribution in [3.05, 3.63) is 59.7 Å². The Morgan fingerprint density at radius 1 is 1.05 bits per heavy atom. The monoisotopic (exact) mass is 534 g/mol. The van der Waals surface area contributed by atoms with Gasteiger partial charge in [-0.15, -0.1) is 0 Å². The molecule has 9 nitrogen and oxygen atoms in total. The Morgan fingerprint density at radius 2 is 1.65 bits per heavy atom. The highest BCUT2D eigenvalue weighted by molar-refractivity contribution is 7.89. The lowest BCUT2D eigenvalue weighted by molar-refractivity contribution is 0.0400. The van der Waals surface area contributed by atoms with E-state index in [1.807, 2.05) is 13.8 Å². The molecule has 2 rings (SSSR count). The summed E-state index contributed by atoms with van der Waals surface area (Å²) in [5.74, 6) is 0.505. The molecule has 2 atom stereocenters. The highest BCUT2D eigenvalue weighted by Crippen LogP contribution is 2.22. The fourth-order valence-electron chi connectivity index (χ4n) is 3.64. The molecule has 0 spiro atoms. The number of aliphatic hydroxyl groups excluding tert-OH is 1. The molecule has 1 amide bonds. The number of rotatable bonds is 12. The maximum atomic E-state index is 13.5. The minimum absolute atomic E-state index is 0.0200. The van der Waals surface area contributed by atoms with Crippen molar-refractivity contribution in [1.82, 2.24) is 9.62 Å². The van der Waals surface area contributed by atoms with Crippen LogP contribution in [-0.4, -0.2) is 68.2 Å². The minimum Gasteiger partial charge on any atom is -0.497 e. The lowest BCUT2D eigenvalue weighted by Gasteiger charge is -2.31. The molecule has 0 aliphatic carbocycles. The normalized spacial score (nSPS) is 13.8. The van der Waals surface area contributed by atoms with E-state index in [1.54, 1.807) is 57.2 Å². The number of nitrogens with zero attached hydrogens (tertiary/aromatic N) is 1. The molecule has 0 saturated carbocycles. The molecule has 2 aromatic rings. The molecule has 10 heteroatoms. The molecule has 2 N–H and O–H groups in total. The molecule has 0 radical (unpaired) electrons. The number of sulfonamides is 1. The Labute approximate surface area is 219 Å². The summed E-state index contributed by atoms with van der Waals surface area (Å²) in [6.07, 6.45) is -1.07. The Morgan fingerprint density at radius 3 is 2.14 bits per heavy atom. The van der Waals surface area contributed by atoms with Crippen molar-refractivity contribution in [2.24, 2.45) is 5.92 Å². The summed E-state index contributed by atoms with van der Waals surface area (Å²) in [5.41, 5.74) is 0.487. The van der Waals surface area contributed by atoms with Crippen LogP contribution in [0.3, 0.4) is 0 Å². The van der Waals surface area contributed by atoms with Gasteiger partial charge in [-0.3, -0.25) is 4.79 Å². The van der Waals surface area contributed by atoms with Crippen LogP contribution in [-0.2, 0) is 21.2 Å². The van der Waals surface area contributed by atoms with Crippen LogP contribution in [0.1, 0.15) is 50.5 Å². The van der Waals surface area contributed by atoms with Gasteiger partial charge in [0.25, 0.3) is 0 Å². The van der Waals surface area contributed by atoms with Crippen molar-refractivity contribution in [1.29, 1.82) is 0 Å². The molecule has 0 fully saturated rings. The number of aldehydes is 1. The summed E-state index contributed by atoms with van der Waals surface area (Å²) >= 11 is 0. The SMILES string of the molecule is COc1ccc(S(=O)(=O)N(CC(C)C)C[C@@H](O)[C@H](Cc2ccc(C=O)cc2)NC(=O)OC(C)(C)C)cc1. The first-order valence-corrected chi connectivity index (χ1v) is 13.5. The van der Waals surface area contributed by atoms with E-state index in [1.165, 1.54) is 23.5 Å². The minimum atomic E-state index is -3.95. The van der Waals surface area contributed by atoms with E-state index >= 15 is 0 Å². The Hall–Kier alpha value is -2.95. The van der Waals surface area contributed by atoms with Crippen LogP contribution in [0.5, 0.6) is 5.75 Å². The van der Waals surface area contributed by atoms with Gasteiger partial charge in [0.2, 0.25) is 10.0 Å². The number of methoxy groups -OCH3 is 1. The van der Waals surface area contributed by atoms with E-state index in [0.717, 1.165) is 11.8 Å². The molecule has 0 saturated heterocycles. The van der Waals surface area contributed by atoms with E-state index in [0.29, 0.717) is 11.3 Å². The first-order chi connectivity index (χ1) is 17.2. The lowest BCUT2D eigenvalue weighted by atomic mass is 10.00. The molecule has 0 aliphatic heterocycles. The fraction of sp³-hybridized carbons (Fsp3) is 0.481. The maximum Gasteiger partial charge on any atom is 0.407 e. The van der Waals surface area contributed by atoms with Crippen molar-refractivity contribution in [3.63, 3.8) is 0 Å². The second-order valence-corrected chi connectivity index (χ2v) is 12.2. The average molecular weight is 535 g/mol. The van der Waals surface area contributed by atoms with Crippen LogP contribution in [0.2, 0.25) is 0 Å². The molecule has 204 valence electrons. The number of carbonyl (C=O) groups is 2. The summed E-state index contributed by atoms with van der Waals surface area (Å²) in [6.45, 7) is 8.85. The van der Waals surface area contributed by atoms with Crippen LogP contribution >= 0.6 is 0 Å². The molecule has 0 heterocycles. The number of benzene rings is 2. The lowest BCUT2D eigenvalue weighted by Crippen LogP contribution is -2.51. The first-order valence-electron chi connectivity index (χ1n) is 12.1. The Kier molecular flexibility index (Phi) is 10.7. The quantitative estimate of drug-likeness (QED) is 0.399. The summed E-state index contributed by atoms with van der Waals surface area (Å²) in [7, 11) is -2.46. The van der Waals surface area contributed by atoms with Crippen molar-refractivity contribution in [2.75, 3.05) is 20.2 Å². The van der Waals surface area contributed by atoms with E-state index in [9.17, 15) is 23.1 Å². The number of hydrogen-bond donors (Lipinski definition) is 2. The van der Waals surface area contributed by atoms with Crippen molar-refractivity contribution >= 4 is 22.4 Å². The third-order valence-electron chi connectivity index (χ3n) is 5.39. The average Bonchev–Trinajstić information content (AvgIpc) is 2.82. The number of alkyl carbamates (subject to hydrolysis) is 1. The van der Waals surface area contributed by atoms with Crippen LogP contribution < -0.4 is 10.1 Å². The summed E-state index contributed by atoms with van der Waals surface area (Å²) in [6, 6.07) is 11.9. The zero-order chi connectivity index (χ0) is 27.8. The van der Waals surface area contributed by atoms with Gasteiger partial charge < -0.3 is 19.9 Å². The van der Waals surface area contributed by atoms with Gasteiger partial charge in [-0.25, -0.2) is 13.2 Å². The Bertz CT molecular complexity index is 1120. The largest absolute Gasteiger partial charge is 0.497 e. The van der Waals surface area contributed by atoms with Crippen LogP contribution in [0.4, 0.5) is 4.79 Å². The summed E-state index contributed by atoms with van der Waals surface area (Å²) in [4.78, 5) is 23.6. The zero-order valence-electron chi connectivity index (χ0n) is 22.3. The van der Waals surface area contributed by atoms with Crippen LogP contribution in [0.25, 0.3) is 0 Å². The Balaban J connectivity index is 2.34. The van der Waals surface area contributed by atoms with Gasteiger partial charge >= 0.3 is 6.09 Å². The smallest absolute Gasteiger partial charge is 0.407 e. The maximum absolute atomic E-state index is 13.5. The topological polar surface area (TPSA) is 122 Å². The molecule has 0 aromatic heterocycles. The molecular formula is C27H38N2O7S. The first kappa shape index (κ1) is 30.3. The third-order valence-corrected chi connectivity index (χ3v) is 7.24. The number of aliphatic hydroxyl groups is 1. The van der Waals surface area contributed by atoms with E-state index in [2.05, 4.69) is 5.32 Å². The third kappa shape index (κ3) is 9.46. The second kappa shape index (κ2) is 13.0. The van der Waals surface area contributed by atoms with Gasteiger partial charge in [-0.2, -0.15) is 4.31 Å². The molecule has 37 heavy (non-hydrogen) atoms. The predicted molar refractivity (Wildman–Crippen MR) is 141 cm³/mol. The number of carbonyl (C=O) groups excluding carboxylic acids is 2. The highest BCUT2D eigenvalue weighted by atomic mass is 32.2. The second-order valence-electron chi connectivity index (χ2n) is 10.3. The van der Waals surface area contributed by atoms with Crippen molar-refractivity contribution in [3.8, 4) is 5.75 Å². The van der Waals surface area contributed by atoms with Gasteiger partial charge in [0.1, 0.15) is 17.6 Å². The fourth-order valence-corrected chi connectivity index (χ4v) is 5.26. The molecule has 0 bridgehead atoms. The van der Waals surface area contributed by atoms with Crippen molar-refractivity contribution in [2.45, 2.75) is 63.7 Å².